The summed E-state index contributed by atoms with van der Waals surface area (Å²) in [5.74, 6) is -1.02. The van der Waals surface area contributed by atoms with E-state index in [1.165, 1.54) is 12.1 Å². The highest BCUT2D eigenvalue weighted by Crippen LogP contribution is 2.27. The molecular weight excluding hydrogens is 315 g/mol. The number of hydrogen-bond donors (Lipinski definition) is 3. The maximum Gasteiger partial charge on any atom is 0.269 e. The van der Waals surface area contributed by atoms with Crippen LogP contribution in [0.1, 0.15) is 23.5 Å². The van der Waals surface area contributed by atoms with Gasteiger partial charge in [-0.25, -0.2) is 9.37 Å². The van der Waals surface area contributed by atoms with Gasteiger partial charge in [0.2, 0.25) is 0 Å². The molecule has 8 heteroatoms. The molecule has 112 valence electrons. The zero-order chi connectivity index (χ0) is 15.6. The summed E-state index contributed by atoms with van der Waals surface area (Å²) in [5.41, 5.74) is 5.76. The van der Waals surface area contributed by atoms with Crippen LogP contribution in [0.4, 0.5) is 21.0 Å². The van der Waals surface area contributed by atoms with Crippen molar-refractivity contribution in [1.82, 2.24) is 4.98 Å². The number of rotatable bonds is 4. The zero-order valence-corrected chi connectivity index (χ0v) is 13.0. The molecular formula is C13H14ClFN4OS. The molecule has 0 spiro atoms. The van der Waals surface area contributed by atoms with Crippen LogP contribution in [-0.4, -0.2) is 16.9 Å². The van der Waals surface area contributed by atoms with Crippen molar-refractivity contribution < 1.29 is 9.18 Å². The molecule has 0 aliphatic carbocycles. The molecule has 1 amide bonds. The number of carbonyl (C=O) groups excluding carboxylic acids is 1. The average molecular weight is 329 g/mol. The maximum atomic E-state index is 13.6. The molecule has 21 heavy (non-hydrogen) atoms. The molecule has 0 unspecified atom stereocenters. The minimum atomic E-state index is -0.612. The molecule has 4 N–H and O–H groups in total. The lowest BCUT2D eigenvalue weighted by Crippen LogP contribution is -2.13. The highest BCUT2D eigenvalue weighted by molar-refractivity contribution is 7.18. The lowest BCUT2D eigenvalue weighted by atomic mass is 10.3. The number of thiazole rings is 1. The van der Waals surface area contributed by atoms with Crippen LogP contribution in [0.15, 0.2) is 18.2 Å². The van der Waals surface area contributed by atoms with Crippen molar-refractivity contribution in [3.63, 3.8) is 0 Å². The van der Waals surface area contributed by atoms with Crippen molar-refractivity contribution in [2.45, 2.75) is 19.9 Å². The monoisotopic (exact) mass is 328 g/mol. The topological polar surface area (TPSA) is 80.0 Å². The second-order valence-electron chi connectivity index (χ2n) is 4.61. The van der Waals surface area contributed by atoms with Gasteiger partial charge in [-0.15, -0.1) is 0 Å². The maximum absolute atomic E-state index is 13.6. The molecule has 1 aromatic carbocycles. The number of benzene rings is 1. The van der Waals surface area contributed by atoms with Crippen molar-refractivity contribution in [2.75, 3.05) is 16.4 Å². The lowest BCUT2D eigenvalue weighted by Gasteiger charge is -2.05. The number of amides is 1. The van der Waals surface area contributed by atoms with Crippen molar-refractivity contribution in [3.05, 3.63) is 33.9 Å². The van der Waals surface area contributed by atoms with Crippen LogP contribution in [0.25, 0.3) is 0 Å². The quantitative estimate of drug-likeness (QED) is 0.801. The SMILES string of the molecule is CC(C)Nc1nc(N)c(C(=O)Nc2ccc(Cl)cc2F)s1. The molecule has 0 radical (unpaired) electrons. The fourth-order valence-corrected chi connectivity index (χ4v) is 2.66. The van der Waals surface area contributed by atoms with Gasteiger partial charge >= 0.3 is 0 Å². The molecule has 0 atom stereocenters. The van der Waals surface area contributed by atoms with Crippen molar-refractivity contribution in [1.29, 1.82) is 0 Å². The summed E-state index contributed by atoms with van der Waals surface area (Å²) in [6.07, 6.45) is 0. The van der Waals surface area contributed by atoms with Gasteiger partial charge in [0.25, 0.3) is 5.91 Å². The fourth-order valence-electron chi connectivity index (χ4n) is 1.57. The summed E-state index contributed by atoms with van der Waals surface area (Å²) < 4.78 is 13.6. The molecule has 2 rings (SSSR count). The third kappa shape index (κ3) is 3.83. The third-order valence-electron chi connectivity index (χ3n) is 2.45. The van der Waals surface area contributed by atoms with E-state index in [2.05, 4.69) is 15.6 Å². The molecule has 1 aromatic heterocycles. The number of nitrogen functional groups attached to an aromatic ring is 1. The molecule has 0 aliphatic heterocycles. The first-order chi connectivity index (χ1) is 9.86. The smallest absolute Gasteiger partial charge is 0.269 e. The van der Waals surface area contributed by atoms with Crippen LogP contribution in [0.2, 0.25) is 5.02 Å². The van der Waals surface area contributed by atoms with E-state index in [1.54, 1.807) is 0 Å². The van der Waals surface area contributed by atoms with Gasteiger partial charge < -0.3 is 16.4 Å². The Balaban J connectivity index is 2.18. The summed E-state index contributed by atoms with van der Waals surface area (Å²) >= 11 is 6.77. The molecule has 1 heterocycles. The Kier molecular flexibility index (Phi) is 4.64. The van der Waals surface area contributed by atoms with Gasteiger partial charge in [0, 0.05) is 11.1 Å². The molecule has 2 aromatic rings. The van der Waals surface area contributed by atoms with Crippen LogP contribution in [0, 0.1) is 5.82 Å². The Labute approximate surface area is 130 Å². The number of nitrogens with one attached hydrogen (secondary N) is 2. The zero-order valence-electron chi connectivity index (χ0n) is 11.4. The van der Waals surface area contributed by atoms with Crippen LogP contribution < -0.4 is 16.4 Å². The van der Waals surface area contributed by atoms with Crippen LogP contribution in [0.5, 0.6) is 0 Å². The Bertz CT molecular complexity index is 674. The van der Waals surface area contributed by atoms with Crippen LogP contribution >= 0.6 is 22.9 Å². The van der Waals surface area contributed by atoms with Gasteiger partial charge in [-0.1, -0.05) is 22.9 Å². The first-order valence-electron chi connectivity index (χ1n) is 6.16. The second kappa shape index (κ2) is 6.28. The van der Waals surface area contributed by atoms with Crippen LogP contribution in [0.3, 0.4) is 0 Å². The van der Waals surface area contributed by atoms with E-state index < -0.39 is 11.7 Å². The minimum Gasteiger partial charge on any atom is -0.382 e. The molecule has 0 aliphatic rings. The summed E-state index contributed by atoms with van der Waals surface area (Å²) in [7, 11) is 0. The van der Waals surface area contributed by atoms with E-state index in [0.29, 0.717) is 5.13 Å². The van der Waals surface area contributed by atoms with Gasteiger partial charge in [0.15, 0.2) is 5.13 Å². The van der Waals surface area contributed by atoms with Crippen molar-refractivity contribution >= 4 is 45.5 Å². The summed E-state index contributed by atoms with van der Waals surface area (Å²) in [6, 6.07) is 4.17. The van der Waals surface area contributed by atoms with Crippen LogP contribution in [-0.2, 0) is 0 Å². The summed E-state index contributed by atoms with van der Waals surface area (Å²) in [4.78, 5) is 16.4. The predicted molar refractivity (Wildman–Crippen MR) is 84.6 cm³/mol. The number of carbonyl (C=O) groups is 1. The van der Waals surface area contributed by atoms with E-state index in [0.717, 1.165) is 17.4 Å². The van der Waals surface area contributed by atoms with Gasteiger partial charge in [-0.2, -0.15) is 0 Å². The first kappa shape index (κ1) is 15.5. The molecule has 0 bridgehead atoms. The number of nitrogens with two attached hydrogens (primary N) is 1. The van der Waals surface area contributed by atoms with Crippen molar-refractivity contribution in [2.24, 2.45) is 0 Å². The first-order valence-corrected chi connectivity index (χ1v) is 7.35. The van der Waals surface area contributed by atoms with Gasteiger partial charge in [-0.3, -0.25) is 4.79 Å². The van der Waals surface area contributed by atoms with E-state index in [1.807, 2.05) is 13.8 Å². The Morgan fingerprint density at radius 3 is 2.81 bits per heavy atom. The largest absolute Gasteiger partial charge is 0.382 e. The lowest BCUT2D eigenvalue weighted by molar-refractivity contribution is 0.103. The second-order valence-corrected chi connectivity index (χ2v) is 6.05. The number of halogens is 2. The molecule has 0 fully saturated rings. The van der Waals surface area contributed by atoms with E-state index in [-0.39, 0.29) is 27.4 Å². The number of hydrogen-bond acceptors (Lipinski definition) is 5. The van der Waals surface area contributed by atoms with Gasteiger partial charge in [-0.05, 0) is 32.0 Å². The number of nitrogens with zero attached hydrogens (tertiary/aromatic N) is 1. The summed E-state index contributed by atoms with van der Waals surface area (Å²) in [6.45, 7) is 3.89. The van der Waals surface area contributed by atoms with E-state index >= 15 is 0 Å². The van der Waals surface area contributed by atoms with Crippen molar-refractivity contribution in [3.8, 4) is 0 Å². The standard InChI is InChI=1S/C13H14ClFN4OS/c1-6(2)17-13-19-11(16)10(21-13)12(20)18-9-4-3-7(14)5-8(9)15/h3-6H,16H2,1-2H3,(H,17,19)(H,18,20). The average Bonchev–Trinajstić information content (AvgIpc) is 2.72. The predicted octanol–water partition coefficient (Wildman–Crippen LogP) is 3.59. The third-order valence-corrected chi connectivity index (χ3v) is 3.69. The Hall–Kier alpha value is -1.86. The summed E-state index contributed by atoms with van der Waals surface area (Å²) in [5, 5.41) is 6.31. The number of anilines is 3. The van der Waals surface area contributed by atoms with Gasteiger partial charge in [0.05, 0.1) is 5.69 Å². The fraction of sp³-hybridized carbons (Fsp3) is 0.231. The van der Waals surface area contributed by atoms with E-state index in [4.69, 9.17) is 17.3 Å². The normalized spacial score (nSPS) is 10.7. The highest BCUT2D eigenvalue weighted by atomic mass is 35.5. The molecule has 0 saturated heterocycles. The molecule has 5 nitrogen and oxygen atoms in total. The van der Waals surface area contributed by atoms with E-state index in [9.17, 15) is 9.18 Å². The number of aromatic nitrogens is 1. The Morgan fingerprint density at radius 2 is 2.19 bits per heavy atom. The molecule has 0 saturated carbocycles. The minimum absolute atomic E-state index is 0.0376. The highest BCUT2D eigenvalue weighted by Gasteiger charge is 2.18. The van der Waals surface area contributed by atoms with Gasteiger partial charge in [0.1, 0.15) is 16.5 Å². The Morgan fingerprint density at radius 1 is 1.48 bits per heavy atom.